The molecule has 1 unspecified atom stereocenters. The summed E-state index contributed by atoms with van der Waals surface area (Å²) >= 11 is 0. The molecule has 1 N–H and O–H groups in total. The molecule has 0 amide bonds. The lowest BCUT2D eigenvalue weighted by Crippen LogP contribution is -2.31. The molecule has 0 bridgehead atoms. The van der Waals surface area contributed by atoms with E-state index >= 15 is 0 Å². The van der Waals surface area contributed by atoms with Crippen molar-refractivity contribution in [1.82, 2.24) is 14.7 Å². The molecule has 0 spiro atoms. The third-order valence-corrected chi connectivity index (χ3v) is 3.33. The van der Waals surface area contributed by atoms with Crippen molar-refractivity contribution in [3.63, 3.8) is 0 Å². The summed E-state index contributed by atoms with van der Waals surface area (Å²) in [6, 6.07) is 3.26. The first kappa shape index (κ1) is 11.6. The summed E-state index contributed by atoms with van der Waals surface area (Å²) in [5.41, 5.74) is 0.554. The maximum Gasteiger partial charge on any atom is 0.228 e. The Morgan fingerprint density at radius 1 is 1.67 bits per heavy atom. The van der Waals surface area contributed by atoms with Crippen LogP contribution in [0.1, 0.15) is 12.6 Å². The molecule has 80 valence electrons. The van der Waals surface area contributed by atoms with Crippen LogP contribution in [0.5, 0.6) is 0 Å². The van der Waals surface area contributed by atoms with Crippen LogP contribution < -0.4 is 4.72 Å². The van der Waals surface area contributed by atoms with Gasteiger partial charge in [0, 0.05) is 6.20 Å². The smallest absolute Gasteiger partial charge is 0.228 e. The summed E-state index contributed by atoms with van der Waals surface area (Å²) in [5, 5.41) is 7.40. The fraction of sp³-hybridized carbons (Fsp3) is 0.375. The van der Waals surface area contributed by atoms with Crippen molar-refractivity contribution in [2.45, 2.75) is 18.7 Å². The molecular weight excluding hydrogens is 216 g/mol. The molecule has 0 radical (unpaired) electrons. The van der Waals surface area contributed by atoms with Crippen LogP contribution in [0.3, 0.4) is 0 Å². The molecule has 6 nitrogen and oxygen atoms in total. The van der Waals surface area contributed by atoms with Gasteiger partial charge in [0.2, 0.25) is 10.0 Å². The summed E-state index contributed by atoms with van der Waals surface area (Å²) < 4.78 is 25.0. The van der Waals surface area contributed by atoms with Crippen molar-refractivity contribution in [1.29, 1.82) is 5.26 Å². The molecule has 0 aliphatic heterocycles. The molecule has 0 aliphatic rings. The lowest BCUT2D eigenvalue weighted by molar-refractivity contribution is 0.576. The third-order valence-electron chi connectivity index (χ3n) is 1.74. The number of nitriles is 1. The Labute approximate surface area is 88.0 Å². The zero-order valence-electron chi connectivity index (χ0n) is 8.08. The molecular formula is C8H10N4O2S. The highest BCUT2D eigenvalue weighted by Gasteiger charge is 2.19. The van der Waals surface area contributed by atoms with E-state index in [4.69, 9.17) is 5.26 Å². The van der Waals surface area contributed by atoms with Crippen LogP contribution in [0.15, 0.2) is 18.6 Å². The largest absolute Gasteiger partial charge is 0.245 e. The van der Waals surface area contributed by atoms with Crippen molar-refractivity contribution in [3.05, 3.63) is 24.3 Å². The second kappa shape index (κ2) is 4.82. The van der Waals surface area contributed by atoms with Crippen molar-refractivity contribution in [2.75, 3.05) is 0 Å². The van der Waals surface area contributed by atoms with E-state index in [9.17, 15) is 8.42 Å². The van der Waals surface area contributed by atoms with Crippen LogP contribution in [0.25, 0.3) is 0 Å². The lowest BCUT2D eigenvalue weighted by Gasteiger charge is -2.06. The van der Waals surface area contributed by atoms with E-state index < -0.39 is 15.3 Å². The Morgan fingerprint density at radius 3 is 2.93 bits per heavy atom. The predicted octanol–water partition coefficient (Wildman–Crippen LogP) is -0.192. The van der Waals surface area contributed by atoms with E-state index in [1.165, 1.54) is 19.4 Å². The zero-order chi connectivity index (χ0) is 11.3. The molecule has 1 atom stereocenters. The Hall–Kier alpha value is -1.52. The second-order valence-electron chi connectivity index (χ2n) is 2.84. The number of sulfonamides is 1. The van der Waals surface area contributed by atoms with Crippen LogP contribution in [-0.4, -0.2) is 23.6 Å². The SMILES string of the molecule is CC(C#N)S(=O)(=O)NCc1ccncn1. The Bertz CT molecular complexity index is 451. The van der Waals surface area contributed by atoms with Gasteiger partial charge in [-0.05, 0) is 13.0 Å². The van der Waals surface area contributed by atoms with Gasteiger partial charge in [0.1, 0.15) is 6.33 Å². The number of aromatic nitrogens is 2. The van der Waals surface area contributed by atoms with E-state index in [1.54, 1.807) is 12.1 Å². The normalized spacial score (nSPS) is 13.1. The van der Waals surface area contributed by atoms with Gasteiger partial charge < -0.3 is 0 Å². The van der Waals surface area contributed by atoms with Crippen LogP contribution in [0, 0.1) is 11.3 Å². The first-order valence-electron chi connectivity index (χ1n) is 4.19. The van der Waals surface area contributed by atoms with Crippen molar-refractivity contribution >= 4 is 10.0 Å². The molecule has 0 fully saturated rings. The van der Waals surface area contributed by atoms with E-state index in [0.29, 0.717) is 5.69 Å². The van der Waals surface area contributed by atoms with Crippen LogP contribution in [0.4, 0.5) is 0 Å². The summed E-state index contributed by atoms with van der Waals surface area (Å²) in [4.78, 5) is 7.55. The molecule has 7 heteroatoms. The monoisotopic (exact) mass is 226 g/mol. The molecule has 0 aliphatic carbocycles. The Kier molecular flexibility index (Phi) is 3.71. The Balaban J connectivity index is 2.63. The molecule has 1 aromatic rings. The highest BCUT2D eigenvalue weighted by Crippen LogP contribution is 1.98. The van der Waals surface area contributed by atoms with Gasteiger partial charge in [-0.25, -0.2) is 23.1 Å². The first-order valence-corrected chi connectivity index (χ1v) is 5.74. The Morgan fingerprint density at radius 2 is 2.40 bits per heavy atom. The zero-order valence-corrected chi connectivity index (χ0v) is 8.90. The van der Waals surface area contributed by atoms with Gasteiger partial charge in [-0.15, -0.1) is 0 Å². The highest BCUT2D eigenvalue weighted by molar-refractivity contribution is 7.90. The molecule has 1 rings (SSSR count). The van der Waals surface area contributed by atoms with Gasteiger partial charge in [0.05, 0.1) is 18.3 Å². The molecule has 1 heterocycles. The molecule has 1 aromatic heterocycles. The fourth-order valence-corrected chi connectivity index (χ4v) is 1.53. The van der Waals surface area contributed by atoms with Crippen LogP contribution in [-0.2, 0) is 16.6 Å². The summed E-state index contributed by atoms with van der Waals surface area (Å²) in [5.74, 6) is 0. The third kappa shape index (κ3) is 3.27. The highest BCUT2D eigenvalue weighted by atomic mass is 32.2. The van der Waals surface area contributed by atoms with Crippen molar-refractivity contribution < 1.29 is 8.42 Å². The van der Waals surface area contributed by atoms with Crippen LogP contribution >= 0.6 is 0 Å². The van der Waals surface area contributed by atoms with Gasteiger partial charge in [-0.1, -0.05) is 0 Å². The van der Waals surface area contributed by atoms with E-state index in [2.05, 4.69) is 14.7 Å². The predicted molar refractivity (Wildman–Crippen MR) is 52.9 cm³/mol. The average molecular weight is 226 g/mol. The van der Waals surface area contributed by atoms with E-state index in [1.807, 2.05) is 0 Å². The number of nitrogens with zero attached hydrogens (tertiary/aromatic N) is 3. The molecule has 0 aromatic carbocycles. The van der Waals surface area contributed by atoms with Gasteiger partial charge >= 0.3 is 0 Å². The number of rotatable bonds is 4. The summed E-state index contributed by atoms with van der Waals surface area (Å²) in [7, 11) is -3.58. The van der Waals surface area contributed by atoms with E-state index in [-0.39, 0.29) is 6.54 Å². The maximum atomic E-state index is 11.4. The molecule has 0 saturated carbocycles. The standard InChI is InChI=1S/C8H10N4O2S/c1-7(4-9)15(13,14)12-5-8-2-3-10-6-11-8/h2-3,6-7,12H,5H2,1H3. The fourth-order valence-electron chi connectivity index (χ4n) is 0.792. The van der Waals surface area contributed by atoms with Gasteiger partial charge in [0.25, 0.3) is 0 Å². The number of hydrogen-bond acceptors (Lipinski definition) is 5. The average Bonchev–Trinajstić information content (AvgIpc) is 2.27. The van der Waals surface area contributed by atoms with E-state index in [0.717, 1.165) is 0 Å². The number of hydrogen-bond donors (Lipinski definition) is 1. The van der Waals surface area contributed by atoms with Gasteiger partial charge in [-0.3, -0.25) is 0 Å². The second-order valence-corrected chi connectivity index (χ2v) is 4.92. The van der Waals surface area contributed by atoms with Gasteiger partial charge in [0.15, 0.2) is 5.25 Å². The topological polar surface area (TPSA) is 95.7 Å². The van der Waals surface area contributed by atoms with Crippen molar-refractivity contribution in [3.8, 4) is 6.07 Å². The minimum atomic E-state index is -3.58. The quantitative estimate of drug-likeness (QED) is 0.767. The summed E-state index contributed by atoms with van der Waals surface area (Å²) in [6.07, 6.45) is 2.85. The number of nitrogens with one attached hydrogen (secondary N) is 1. The lowest BCUT2D eigenvalue weighted by atomic mass is 10.4. The molecule has 0 saturated heterocycles. The van der Waals surface area contributed by atoms with Crippen molar-refractivity contribution in [2.24, 2.45) is 0 Å². The minimum absolute atomic E-state index is 0.0663. The maximum absolute atomic E-state index is 11.4. The minimum Gasteiger partial charge on any atom is -0.245 e. The summed E-state index contributed by atoms with van der Waals surface area (Å²) in [6.45, 7) is 1.39. The van der Waals surface area contributed by atoms with Crippen LogP contribution in [0.2, 0.25) is 0 Å². The first-order chi connectivity index (χ1) is 7.06. The molecule has 15 heavy (non-hydrogen) atoms. The van der Waals surface area contributed by atoms with Gasteiger partial charge in [-0.2, -0.15) is 5.26 Å².